The first-order chi connectivity index (χ1) is 9.65. The first-order valence-corrected chi connectivity index (χ1v) is 6.22. The van der Waals surface area contributed by atoms with Gasteiger partial charge < -0.3 is 9.67 Å². The average Bonchev–Trinajstić information content (AvgIpc) is 2.76. The minimum Gasteiger partial charge on any atom is -0.478 e. The van der Waals surface area contributed by atoms with Gasteiger partial charge >= 0.3 is 5.97 Å². The second-order valence-corrected chi connectivity index (χ2v) is 4.63. The molecule has 0 aliphatic carbocycles. The van der Waals surface area contributed by atoms with Crippen LogP contribution in [0.1, 0.15) is 21.7 Å². The zero-order valence-corrected chi connectivity index (χ0v) is 10.9. The number of nitrogens with zero attached hydrogens (tertiary/aromatic N) is 3. The van der Waals surface area contributed by atoms with Crippen LogP contribution in [0.4, 0.5) is 0 Å². The van der Waals surface area contributed by atoms with Gasteiger partial charge in [-0.2, -0.15) is 0 Å². The van der Waals surface area contributed by atoms with E-state index in [4.69, 9.17) is 5.11 Å². The summed E-state index contributed by atoms with van der Waals surface area (Å²) in [5.74, 6) is -0.0398. The fourth-order valence-corrected chi connectivity index (χ4v) is 2.22. The molecule has 3 rings (SSSR count). The highest BCUT2D eigenvalue weighted by molar-refractivity contribution is 5.92. The van der Waals surface area contributed by atoms with E-state index in [9.17, 15) is 4.79 Å². The van der Waals surface area contributed by atoms with Crippen LogP contribution < -0.4 is 0 Å². The van der Waals surface area contributed by atoms with Crippen molar-refractivity contribution in [3.8, 4) is 0 Å². The third-order valence-electron chi connectivity index (χ3n) is 3.33. The molecule has 0 atom stereocenters. The molecular formula is C15H13N3O2. The Kier molecular flexibility index (Phi) is 2.95. The van der Waals surface area contributed by atoms with E-state index >= 15 is 0 Å². The van der Waals surface area contributed by atoms with Gasteiger partial charge in [0.25, 0.3) is 0 Å². The van der Waals surface area contributed by atoms with Crippen molar-refractivity contribution < 1.29 is 9.90 Å². The topological polar surface area (TPSA) is 68.0 Å². The number of carboxylic acid groups (broad SMARTS) is 1. The number of benzene rings is 1. The summed E-state index contributed by atoms with van der Waals surface area (Å²) in [6.45, 7) is 0. The molecule has 2 aromatic heterocycles. The Morgan fingerprint density at radius 2 is 2.00 bits per heavy atom. The van der Waals surface area contributed by atoms with Crippen LogP contribution in [-0.4, -0.2) is 25.6 Å². The lowest BCUT2D eigenvalue weighted by atomic mass is 10.2. The second-order valence-electron chi connectivity index (χ2n) is 4.63. The molecule has 0 saturated heterocycles. The van der Waals surface area contributed by atoms with Gasteiger partial charge in [-0.05, 0) is 35.9 Å². The van der Waals surface area contributed by atoms with E-state index in [-0.39, 0.29) is 5.56 Å². The SMILES string of the molecule is Cn1c(Cc2ccncc2)nc2cc(C(=O)O)ccc21. The summed E-state index contributed by atoms with van der Waals surface area (Å²) < 4.78 is 1.99. The normalized spacial score (nSPS) is 10.8. The first kappa shape index (κ1) is 12.3. The molecule has 0 bridgehead atoms. The number of imidazole rings is 1. The predicted molar refractivity (Wildman–Crippen MR) is 74.7 cm³/mol. The molecule has 1 aromatic carbocycles. The third-order valence-corrected chi connectivity index (χ3v) is 3.33. The average molecular weight is 267 g/mol. The van der Waals surface area contributed by atoms with Crippen LogP contribution in [0, 0.1) is 0 Å². The summed E-state index contributed by atoms with van der Waals surface area (Å²) in [6.07, 6.45) is 4.19. The molecular weight excluding hydrogens is 254 g/mol. The van der Waals surface area contributed by atoms with Crippen molar-refractivity contribution in [1.29, 1.82) is 0 Å². The van der Waals surface area contributed by atoms with Crippen LogP contribution in [-0.2, 0) is 13.5 Å². The van der Waals surface area contributed by atoms with Crippen molar-refractivity contribution in [2.75, 3.05) is 0 Å². The van der Waals surface area contributed by atoms with Crippen LogP contribution in [0.25, 0.3) is 11.0 Å². The molecule has 3 aromatic rings. The minimum absolute atomic E-state index is 0.256. The molecule has 2 heterocycles. The fraction of sp³-hybridized carbons (Fsp3) is 0.133. The number of hydrogen-bond donors (Lipinski definition) is 1. The Hall–Kier alpha value is -2.69. The van der Waals surface area contributed by atoms with Gasteiger partial charge in [0.05, 0.1) is 16.6 Å². The molecule has 0 spiro atoms. The van der Waals surface area contributed by atoms with Crippen molar-refractivity contribution >= 4 is 17.0 Å². The van der Waals surface area contributed by atoms with E-state index < -0.39 is 5.97 Å². The summed E-state index contributed by atoms with van der Waals surface area (Å²) in [7, 11) is 1.94. The molecule has 100 valence electrons. The van der Waals surface area contributed by atoms with Gasteiger partial charge in [-0.15, -0.1) is 0 Å². The van der Waals surface area contributed by atoms with Gasteiger partial charge in [-0.3, -0.25) is 4.98 Å². The maximum absolute atomic E-state index is 11.0. The van der Waals surface area contributed by atoms with Crippen LogP contribution in [0.3, 0.4) is 0 Å². The zero-order chi connectivity index (χ0) is 14.1. The standard InChI is InChI=1S/C15H13N3O2/c1-18-13-3-2-11(15(19)20)9-12(13)17-14(18)8-10-4-6-16-7-5-10/h2-7,9H,8H2,1H3,(H,19,20). The molecule has 0 aliphatic rings. The summed E-state index contributed by atoms with van der Waals surface area (Å²) in [4.78, 5) is 19.5. The molecule has 5 nitrogen and oxygen atoms in total. The van der Waals surface area contributed by atoms with Gasteiger partial charge in [-0.25, -0.2) is 9.78 Å². The van der Waals surface area contributed by atoms with Gasteiger partial charge in [-0.1, -0.05) is 0 Å². The number of fused-ring (bicyclic) bond motifs is 1. The summed E-state index contributed by atoms with van der Waals surface area (Å²) in [6, 6.07) is 8.89. The molecule has 0 amide bonds. The lowest BCUT2D eigenvalue weighted by Gasteiger charge is -2.02. The van der Waals surface area contributed by atoms with Crippen molar-refractivity contribution in [3.63, 3.8) is 0 Å². The molecule has 0 unspecified atom stereocenters. The first-order valence-electron chi connectivity index (χ1n) is 6.22. The van der Waals surface area contributed by atoms with E-state index in [1.54, 1.807) is 30.6 Å². The van der Waals surface area contributed by atoms with E-state index in [1.165, 1.54) is 0 Å². The Bertz CT molecular complexity index is 778. The van der Waals surface area contributed by atoms with Crippen molar-refractivity contribution in [2.45, 2.75) is 6.42 Å². The van der Waals surface area contributed by atoms with E-state index in [1.807, 2.05) is 23.7 Å². The number of hydrogen-bond acceptors (Lipinski definition) is 3. The number of aromatic nitrogens is 3. The number of aryl methyl sites for hydroxylation is 1. The Labute approximate surface area is 115 Å². The zero-order valence-electron chi connectivity index (χ0n) is 10.9. The summed E-state index contributed by atoms with van der Waals surface area (Å²) in [5.41, 5.74) is 3.01. The van der Waals surface area contributed by atoms with Crippen LogP contribution in [0.2, 0.25) is 0 Å². The fourth-order valence-electron chi connectivity index (χ4n) is 2.22. The monoisotopic (exact) mass is 267 g/mol. The molecule has 0 aliphatic heterocycles. The van der Waals surface area contributed by atoms with Gasteiger partial charge in [0.1, 0.15) is 5.82 Å². The lowest BCUT2D eigenvalue weighted by molar-refractivity contribution is 0.0697. The highest BCUT2D eigenvalue weighted by atomic mass is 16.4. The number of carbonyl (C=O) groups is 1. The second kappa shape index (κ2) is 4.77. The molecule has 0 fully saturated rings. The smallest absolute Gasteiger partial charge is 0.335 e. The van der Waals surface area contributed by atoms with Crippen LogP contribution >= 0.6 is 0 Å². The summed E-state index contributed by atoms with van der Waals surface area (Å²) >= 11 is 0. The van der Waals surface area contributed by atoms with E-state index in [0.717, 1.165) is 16.9 Å². The molecule has 0 radical (unpaired) electrons. The summed E-state index contributed by atoms with van der Waals surface area (Å²) in [5, 5.41) is 9.01. The largest absolute Gasteiger partial charge is 0.478 e. The van der Waals surface area contributed by atoms with E-state index in [0.29, 0.717) is 11.9 Å². The van der Waals surface area contributed by atoms with Gasteiger partial charge in [0.15, 0.2) is 0 Å². The van der Waals surface area contributed by atoms with Crippen LogP contribution in [0.15, 0.2) is 42.7 Å². The predicted octanol–water partition coefficient (Wildman–Crippen LogP) is 2.26. The van der Waals surface area contributed by atoms with Crippen molar-refractivity contribution in [3.05, 3.63) is 59.7 Å². The number of carboxylic acids is 1. The quantitative estimate of drug-likeness (QED) is 0.790. The Balaban J connectivity index is 2.04. The van der Waals surface area contributed by atoms with Gasteiger partial charge in [0.2, 0.25) is 0 Å². The highest BCUT2D eigenvalue weighted by Gasteiger charge is 2.11. The third kappa shape index (κ3) is 2.14. The number of pyridine rings is 1. The lowest BCUT2D eigenvalue weighted by Crippen LogP contribution is -1.99. The number of aromatic carboxylic acids is 1. The highest BCUT2D eigenvalue weighted by Crippen LogP contribution is 2.18. The maximum atomic E-state index is 11.0. The van der Waals surface area contributed by atoms with Crippen LogP contribution in [0.5, 0.6) is 0 Å². The molecule has 20 heavy (non-hydrogen) atoms. The maximum Gasteiger partial charge on any atom is 0.335 e. The minimum atomic E-state index is -0.937. The van der Waals surface area contributed by atoms with E-state index in [2.05, 4.69) is 9.97 Å². The Morgan fingerprint density at radius 1 is 1.25 bits per heavy atom. The van der Waals surface area contributed by atoms with Gasteiger partial charge in [0, 0.05) is 25.9 Å². The van der Waals surface area contributed by atoms with Crippen molar-refractivity contribution in [1.82, 2.24) is 14.5 Å². The Morgan fingerprint density at radius 3 is 2.70 bits per heavy atom. The van der Waals surface area contributed by atoms with Crippen molar-refractivity contribution in [2.24, 2.45) is 7.05 Å². The molecule has 5 heteroatoms. The number of rotatable bonds is 3. The molecule has 1 N–H and O–H groups in total. The molecule has 0 saturated carbocycles.